The number of halogens is 4. The molecule has 0 amide bonds. The standard InChI is InChI=1S/C10H9ClF3NO2/c1-2-17-9(16)4-8-7(10(12,13)14)3-6(11)5-15-8/h3,5H,2,4H2,1H3. The van der Waals surface area contributed by atoms with Gasteiger partial charge in [0.05, 0.1) is 29.3 Å². The van der Waals surface area contributed by atoms with Crippen molar-refractivity contribution in [1.82, 2.24) is 4.98 Å². The maximum atomic E-state index is 12.6. The fourth-order valence-corrected chi connectivity index (χ4v) is 1.36. The largest absolute Gasteiger partial charge is 0.466 e. The van der Waals surface area contributed by atoms with Crippen LogP contribution in [0.3, 0.4) is 0 Å². The SMILES string of the molecule is CCOC(=O)Cc1ncc(Cl)cc1C(F)(F)F. The van der Waals surface area contributed by atoms with Crippen LogP contribution >= 0.6 is 11.6 Å². The summed E-state index contributed by atoms with van der Waals surface area (Å²) >= 11 is 5.44. The number of pyridine rings is 1. The number of alkyl halides is 3. The van der Waals surface area contributed by atoms with Crippen molar-refractivity contribution < 1.29 is 22.7 Å². The van der Waals surface area contributed by atoms with Crippen molar-refractivity contribution in [3.8, 4) is 0 Å². The van der Waals surface area contributed by atoms with E-state index in [4.69, 9.17) is 11.6 Å². The molecule has 1 heterocycles. The first-order chi connectivity index (χ1) is 7.84. The molecular formula is C10H9ClF3NO2. The highest BCUT2D eigenvalue weighted by Gasteiger charge is 2.35. The van der Waals surface area contributed by atoms with Crippen molar-refractivity contribution in [3.05, 3.63) is 28.5 Å². The molecule has 0 fully saturated rings. The quantitative estimate of drug-likeness (QED) is 0.791. The second-order valence-electron chi connectivity index (χ2n) is 3.13. The third-order valence-corrected chi connectivity index (χ3v) is 2.07. The van der Waals surface area contributed by atoms with E-state index in [1.807, 2.05) is 0 Å². The third-order valence-electron chi connectivity index (χ3n) is 1.86. The Labute approximate surface area is 101 Å². The Hall–Kier alpha value is -1.30. The second-order valence-corrected chi connectivity index (χ2v) is 3.56. The zero-order valence-corrected chi connectivity index (χ0v) is 9.60. The van der Waals surface area contributed by atoms with E-state index in [0.717, 1.165) is 12.3 Å². The van der Waals surface area contributed by atoms with Crippen molar-refractivity contribution in [2.24, 2.45) is 0 Å². The first kappa shape index (κ1) is 13.8. The Kier molecular flexibility index (Phi) is 4.34. The minimum atomic E-state index is -4.60. The Morgan fingerprint density at radius 3 is 2.71 bits per heavy atom. The van der Waals surface area contributed by atoms with Gasteiger partial charge in [-0.1, -0.05) is 11.6 Å². The van der Waals surface area contributed by atoms with Gasteiger partial charge in [-0.25, -0.2) is 0 Å². The van der Waals surface area contributed by atoms with E-state index in [0.29, 0.717) is 0 Å². The van der Waals surface area contributed by atoms with Gasteiger partial charge < -0.3 is 4.74 Å². The van der Waals surface area contributed by atoms with Crippen molar-refractivity contribution >= 4 is 17.6 Å². The molecule has 1 aromatic rings. The van der Waals surface area contributed by atoms with Crippen LogP contribution in [0.5, 0.6) is 0 Å². The fourth-order valence-electron chi connectivity index (χ4n) is 1.20. The van der Waals surface area contributed by atoms with Gasteiger partial charge in [-0.15, -0.1) is 0 Å². The van der Waals surface area contributed by atoms with Gasteiger partial charge in [0.15, 0.2) is 0 Å². The monoisotopic (exact) mass is 267 g/mol. The molecule has 1 aromatic heterocycles. The molecule has 94 valence electrons. The van der Waals surface area contributed by atoms with Crippen molar-refractivity contribution in [2.45, 2.75) is 19.5 Å². The number of ether oxygens (including phenoxy) is 1. The van der Waals surface area contributed by atoms with Crippen LogP contribution in [0.15, 0.2) is 12.3 Å². The van der Waals surface area contributed by atoms with Gasteiger partial charge in [-0.2, -0.15) is 13.2 Å². The zero-order valence-electron chi connectivity index (χ0n) is 8.84. The van der Waals surface area contributed by atoms with Gasteiger partial charge in [-0.3, -0.25) is 9.78 Å². The lowest BCUT2D eigenvalue weighted by Gasteiger charge is -2.11. The smallest absolute Gasteiger partial charge is 0.418 e. The van der Waals surface area contributed by atoms with Crippen LogP contribution in [0.25, 0.3) is 0 Å². The highest BCUT2D eigenvalue weighted by molar-refractivity contribution is 6.30. The van der Waals surface area contributed by atoms with E-state index >= 15 is 0 Å². The lowest BCUT2D eigenvalue weighted by molar-refractivity contribution is -0.143. The first-order valence-corrected chi connectivity index (χ1v) is 5.09. The molecule has 0 saturated heterocycles. The molecule has 0 aliphatic heterocycles. The molecule has 1 rings (SSSR count). The molecule has 0 aliphatic carbocycles. The molecule has 17 heavy (non-hydrogen) atoms. The summed E-state index contributed by atoms with van der Waals surface area (Å²) in [6.45, 7) is 1.67. The van der Waals surface area contributed by atoms with Crippen molar-refractivity contribution in [2.75, 3.05) is 6.61 Å². The average molecular weight is 268 g/mol. The number of rotatable bonds is 3. The molecule has 0 bridgehead atoms. The van der Waals surface area contributed by atoms with Gasteiger partial charge in [0, 0.05) is 6.20 Å². The number of hydrogen-bond acceptors (Lipinski definition) is 3. The van der Waals surface area contributed by atoms with Crippen LogP contribution in [-0.4, -0.2) is 17.6 Å². The van der Waals surface area contributed by atoms with Crippen LogP contribution in [0, 0.1) is 0 Å². The Bertz CT molecular complexity index is 421. The van der Waals surface area contributed by atoms with Crippen LogP contribution in [0.4, 0.5) is 13.2 Å². The van der Waals surface area contributed by atoms with Gasteiger partial charge in [-0.05, 0) is 13.0 Å². The van der Waals surface area contributed by atoms with E-state index in [1.54, 1.807) is 6.92 Å². The highest BCUT2D eigenvalue weighted by Crippen LogP contribution is 2.32. The van der Waals surface area contributed by atoms with Crippen LogP contribution in [0.2, 0.25) is 5.02 Å². The number of nitrogens with zero attached hydrogens (tertiary/aromatic N) is 1. The number of carbonyl (C=O) groups is 1. The fraction of sp³-hybridized carbons (Fsp3) is 0.400. The summed E-state index contributed by atoms with van der Waals surface area (Å²) in [6.07, 6.45) is -4.06. The molecule has 0 unspecified atom stereocenters. The van der Waals surface area contributed by atoms with E-state index in [-0.39, 0.29) is 17.3 Å². The molecule has 0 radical (unpaired) electrons. The third kappa shape index (κ3) is 3.89. The van der Waals surface area contributed by atoms with Gasteiger partial charge >= 0.3 is 12.1 Å². The lowest BCUT2D eigenvalue weighted by Crippen LogP contribution is -2.15. The Balaban J connectivity index is 3.03. The predicted molar refractivity (Wildman–Crippen MR) is 54.6 cm³/mol. The summed E-state index contributed by atoms with van der Waals surface area (Å²) in [4.78, 5) is 14.6. The van der Waals surface area contributed by atoms with Gasteiger partial charge in [0.2, 0.25) is 0 Å². The average Bonchev–Trinajstić information content (AvgIpc) is 2.19. The number of carbonyl (C=O) groups excluding carboxylic acids is 1. The first-order valence-electron chi connectivity index (χ1n) is 4.71. The summed E-state index contributed by atoms with van der Waals surface area (Å²) in [5, 5.41) is -0.134. The molecule has 0 N–H and O–H groups in total. The highest BCUT2D eigenvalue weighted by atomic mass is 35.5. The predicted octanol–water partition coefficient (Wildman–Crippen LogP) is 2.86. The van der Waals surface area contributed by atoms with E-state index in [2.05, 4.69) is 9.72 Å². The Morgan fingerprint density at radius 1 is 1.53 bits per heavy atom. The summed E-state index contributed by atoms with van der Waals surface area (Å²) in [5.74, 6) is -0.757. The van der Waals surface area contributed by atoms with Gasteiger partial charge in [0.1, 0.15) is 0 Å². The van der Waals surface area contributed by atoms with Gasteiger partial charge in [0.25, 0.3) is 0 Å². The van der Waals surface area contributed by atoms with Crippen LogP contribution < -0.4 is 0 Å². The normalized spacial score (nSPS) is 11.4. The minimum Gasteiger partial charge on any atom is -0.466 e. The second kappa shape index (κ2) is 5.35. The molecular weight excluding hydrogens is 259 g/mol. The van der Waals surface area contributed by atoms with E-state index in [9.17, 15) is 18.0 Å². The summed E-state index contributed by atoms with van der Waals surface area (Å²) in [5.41, 5.74) is -1.40. The number of esters is 1. The molecule has 0 saturated carbocycles. The summed E-state index contributed by atoms with van der Waals surface area (Å²) in [7, 11) is 0. The molecule has 3 nitrogen and oxygen atoms in total. The molecule has 0 spiro atoms. The van der Waals surface area contributed by atoms with Crippen LogP contribution in [-0.2, 0) is 22.1 Å². The zero-order chi connectivity index (χ0) is 13.1. The molecule has 0 atom stereocenters. The van der Waals surface area contributed by atoms with Crippen LogP contribution in [0.1, 0.15) is 18.2 Å². The number of aromatic nitrogens is 1. The van der Waals surface area contributed by atoms with E-state index in [1.165, 1.54) is 0 Å². The topological polar surface area (TPSA) is 39.2 Å². The molecule has 7 heteroatoms. The lowest BCUT2D eigenvalue weighted by atomic mass is 10.1. The van der Waals surface area contributed by atoms with Crippen molar-refractivity contribution in [1.29, 1.82) is 0 Å². The van der Waals surface area contributed by atoms with E-state index < -0.39 is 24.1 Å². The molecule has 0 aromatic carbocycles. The molecule has 0 aliphatic rings. The van der Waals surface area contributed by atoms with Crippen molar-refractivity contribution in [3.63, 3.8) is 0 Å². The summed E-state index contributed by atoms with van der Waals surface area (Å²) < 4.78 is 42.4. The maximum absolute atomic E-state index is 12.6. The Morgan fingerprint density at radius 2 is 2.18 bits per heavy atom. The minimum absolute atomic E-state index is 0.105. The number of hydrogen-bond donors (Lipinski definition) is 0. The maximum Gasteiger partial charge on any atom is 0.418 e. The summed E-state index contributed by atoms with van der Waals surface area (Å²) in [6, 6.07) is 0.739.